The number of carboxylic acid groups (broad SMARTS) is 1. The number of amides is 1. The van der Waals surface area contributed by atoms with Crippen LogP contribution >= 0.6 is 0 Å². The number of carboxylic acids is 1. The number of sulfonamides is 1. The Kier molecular flexibility index (Phi) is 5.48. The SMILES string of the molecule is CC(=O)N1CCc2cc(S(=O)(=O)N[C@H](Cc3ccc(F)cc3)C(=O)O)ccc21. The maximum absolute atomic E-state index is 13.0. The van der Waals surface area contributed by atoms with Crippen LogP contribution < -0.4 is 9.62 Å². The number of aliphatic carboxylic acids is 1. The van der Waals surface area contributed by atoms with Crippen molar-refractivity contribution in [1.82, 2.24) is 4.72 Å². The van der Waals surface area contributed by atoms with Gasteiger partial charge in [0.05, 0.1) is 4.90 Å². The van der Waals surface area contributed by atoms with Crippen molar-refractivity contribution in [2.75, 3.05) is 11.4 Å². The molecule has 0 radical (unpaired) electrons. The summed E-state index contributed by atoms with van der Waals surface area (Å²) in [7, 11) is -4.10. The van der Waals surface area contributed by atoms with Crippen molar-refractivity contribution in [3.8, 4) is 0 Å². The smallest absolute Gasteiger partial charge is 0.322 e. The van der Waals surface area contributed by atoms with E-state index < -0.39 is 27.9 Å². The molecule has 0 aromatic heterocycles. The number of hydrogen-bond donors (Lipinski definition) is 2. The van der Waals surface area contributed by atoms with Crippen LogP contribution in [0, 0.1) is 5.82 Å². The van der Waals surface area contributed by atoms with E-state index >= 15 is 0 Å². The maximum atomic E-state index is 13.0. The first kappa shape index (κ1) is 20.0. The highest BCUT2D eigenvalue weighted by atomic mass is 32.2. The van der Waals surface area contributed by atoms with Crippen LogP contribution in [0.25, 0.3) is 0 Å². The molecule has 148 valence electrons. The minimum atomic E-state index is -4.10. The summed E-state index contributed by atoms with van der Waals surface area (Å²) in [6.45, 7) is 1.91. The van der Waals surface area contributed by atoms with Crippen molar-refractivity contribution in [2.24, 2.45) is 0 Å². The van der Waals surface area contributed by atoms with Gasteiger partial charge in [-0.2, -0.15) is 4.72 Å². The summed E-state index contributed by atoms with van der Waals surface area (Å²) >= 11 is 0. The van der Waals surface area contributed by atoms with Gasteiger partial charge in [-0.25, -0.2) is 12.8 Å². The van der Waals surface area contributed by atoms with E-state index in [-0.39, 0.29) is 17.2 Å². The van der Waals surface area contributed by atoms with Gasteiger partial charge in [0.25, 0.3) is 0 Å². The zero-order valence-electron chi connectivity index (χ0n) is 15.1. The van der Waals surface area contributed by atoms with Gasteiger partial charge in [0, 0.05) is 19.2 Å². The molecule has 1 aliphatic heterocycles. The third-order valence-electron chi connectivity index (χ3n) is 4.59. The van der Waals surface area contributed by atoms with Gasteiger partial charge >= 0.3 is 5.97 Å². The first-order chi connectivity index (χ1) is 13.2. The molecule has 0 saturated carbocycles. The van der Waals surface area contributed by atoms with Crippen LogP contribution in [0.5, 0.6) is 0 Å². The average Bonchev–Trinajstić information content (AvgIpc) is 3.06. The van der Waals surface area contributed by atoms with Crippen LogP contribution in [0.4, 0.5) is 10.1 Å². The average molecular weight is 406 g/mol. The molecule has 0 saturated heterocycles. The van der Waals surface area contributed by atoms with Gasteiger partial charge in [-0.3, -0.25) is 9.59 Å². The topological polar surface area (TPSA) is 104 Å². The maximum Gasteiger partial charge on any atom is 0.322 e. The molecular formula is C19H19FN2O5S. The number of fused-ring (bicyclic) bond motifs is 1. The fraction of sp³-hybridized carbons (Fsp3) is 0.263. The normalized spacial score (nSPS) is 14.6. The number of hydrogen-bond acceptors (Lipinski definition) is 4. The van der Waals surface area contributed by atoms with E-state index in [1.165, 1.54) is 43.3 Å². The number of anilines is 1. The first-order valence-corrected chi connectivity index (χ1v) is 10.1. The third-order valence-corrected chi connectivity index (χ3v) is 6.05. The monoisotopic (exact) mass is 406 g/mol. The fourth-order valence-corrected chi connectivity index (χ4v) is 4.40. The van der Waals surface area contributed by atoms with Gasteiger partial charge in [0.15, 0.2) is 0 Å². The van der Waals surface area contributed by atoms with Gasteiger partial charge in [-0.15, -0.1) is 0 Å². The molecule has 2 aromatic rings. The molecule has 0 bridgehead atoms. The summed E-state index contributed by atoms with van der Waals surface area (Å²) in [5.74, 6) is -1.93. The Bertz CT molecular complexity index is 1020. The molecule has 1 aliphatic rings. The summed E-state index contributed by atoms with van der Waals surface area (Å²) in [5.41, 5.74) is 1.86. The number of nitrogens with one attached hydrogen (secondary N) is 1. The van der Waals surface area contributed by atoms with Gasteiger partial charge in [0.2, 0.25) is 15.9 Å². The highest BCUT2D eigenvalue weighted by Gasteiger charge is 2.28. The van der Waals surface area contributed by atoms with E-state index in [4.69, 9.17) is 0 Å². The van der Waals surface area contributed by atoms with Crippen LogP contribution in [0.2, 0.25) is 0 Å². The number of carbonyl (C=O) groups is 2. The van der Waals surface area contributed by atoms with Gasteiger partial charge in [-0.1, -0.05) is 12.1 Å². The number of halogens is 1. The predicted octanol–water partition coefficient (Wildman–Crippen LogP) is 1.71. The second-order valence-electron chi connectivity index (χ2n) is 6.55. The zero-order chi connectivity index (χ0) is 20.5. The molecule has 0 unspecified atom stereocenters. The van der Waals surface area contributed by atoms with Crippen molar-refractivity contribution in [3.05, 3.63) is 59.4 Å². The molecule has 2 N–H and O–H groups in total. The molecule has 28 heavy (non-hydrogen) atoms. The Hall–Kier alpha value is -2.78. The minimum absolute atomic E-state index is 0.0676. The Morgan fingerprint density at radius 1 is 1.21 bits per heavy atom. The molecular weight excluding hydrogens is 387 g/mol. The second kappa shape index (κ2) is 7.69. The lowest BCUT2D eigenvalue weighted by Crippen LogP contribution is -2.42. The molecule has 9 heteroatoms. The largest absolute Gasteiger partial charge is 0.480 e. The Balaban J connectivity index is 1.82. The molecule has 1 atom stereocenters. The van der Waals surface area contributed by atoms with Crippen molar-refractivity contribution in [1.29, 1.82) is 0 Å². The van der Waals surface area contributed by atoms with Crippen molar-refractivity contribution in [2.45, 2.75) is 30.7 Å². The molecule has 0 aliphatic carbocycles. The summed E-state index contributed by atoms with van der Waals surface area (Å²) in [6.07, 6.45) is 0.397. The zero-order valence-corrected chi connectivity index (χ0v) is 15.9. The summed E-state index contributed by atoms with van der Waals surface area (Å²) in [4.78, 5) is 24.6. The van der Waals surface area contributed by atoms with Crippen molar-refractivity contribution < 1.29 is 27.5 Å². The number of rotatable bonds is 6. The van der Waals surface area contributed by atoms with Gasteiger partial charge in [-0.05, 0) is 54.3 Å². The highest BCUT2D eigenvalue weighted by Crippen LogP contribution is 2.30. The highest BCUT2D eigenvalue weighted by molar-refractivity contribution is 7.89. The number of benzene rings is 2. The lowest BCUT2D eigenvalue weighted by Gasteiger charge is -2.17. The minimum Gasteiger partial charge on any atom is -0.480 e. The standard InChI is InChI=1S/C19H19FN2O5S/c1-12(23)22-9-8-14-11-16(6-7-18(14)22)28(26,27)21-17(19(24)25)10-13-2-4-15(20)5-3-13/h2-7,11,17,21H,8-10H2,1H3,(H,24,25)/t17-/m1/s1. The Morgan fingerprint density at radius 2 is 1.89 bits per heavy atom. The fourth-order valence-electron chi connectivity index (χ4n) is 3.16. The van der Waals surface area contributed by atoms with E-state index in [2.05, 4.69) is 4.72 Å². The van der Waals surface area contributed by atoms with Crippen LogP contribution in [0.1, 0.15) is 18.1 Å². The van der Waals surface area contributed by atoms with Crippen molar-refractivity contribution >= 4 is 27.6 Å². The van der Waals surface area contributed by atoms with Crippen LogP contribution in [0.3, 0.4) is 0 Å². The second-order valence-corrected chi connectivity index (χ2v) is 8.27. The first-order valence-electron chi connectivity index (χ1n) is 8.58. The van der Waals surface area contributed by atoms with Crippen LogP contribution in [0.15, 0.2) is 47.4 Å². The molecule has 1 heterocycles. The van der Waals surface area contributed by atoms with E-state index in [1.54, 1.807) is 11.0 Å². The molecule has 2 aromatic carbocycles. The Morgan fingerprint density at radius 3 is 2.50 bits per heavy atom. The Labute approximate surface area is 161 Å². The summed E-state index contributed by atoms with van der Waals surface area (Å²) in [6, 6.07) is 8.13. The van der Waals surface area contributed by atoms with Crippen LogP contribution in [-0.2, 0) is 32.5 Å². The predicted molar refractivity (Wildman–Crippen MR) is 100 cm³/mol. The lowest BCUT2D eigenvalue weighted by atomic mass is 10.1. The third kappa shape index (κ3) is 4.20. The van der Waals surface area contributed by atoms with E-state index in [9.17, 15) is 27.5 Å². The van der Waals surface area contributed by atoms with E-state index in [0.717, 1.165) is 0 Å². The molecule has 7 nitrogen and oxygen atoms in total. The van der Waals surface area contributed by atoms with E-state index in [1.807, 2.05) is 0 Å². The van der Waals surface area contributed by atoms with Crippen LogP contribution in [-0.4, -0.2) is 38.0 Å². The number of carbonyl (C=O) groups excluding carboxylic acids is 1. The summed E-state index contributed by atoms with van der Waals surface area (Å²) in [5, 5.41) is 9.40. The molecule has 1 amide bonds. The lowest BCUT2D eigenvalue weighted by molar-refractivity contribution is -0.138. The summed E-state index contributed by atoms with van der Waals surface area (Å²) < 4.78 is 40.6. The molecule has 0 fully saturated rings. The number of nitrogens with zero attached hydrogens (tertiary/aromatic N) is 1. The van der Waals surface area contributed by atoms with Gasteiger partial charge < -0.3 is 10.0 Å². The molecule has 0 spiro atoms. The van der Waals surface area contributed by atoms with Gasteiger partial charge in [0.1, 0.15) is 11.9 Å². The van der Waals surface area contributed by atoms with Crippen molar-refractivity contribution in [3.63, 3.8) is 0 Å². The van der Waals surface area contributed by atoms with E-state index in [0.29, 0.717) is 29.8 Å². The molecule has 3 rings (SSSR count). The quantitative estimate of drug-likeness (QED) is 0.760.